The van der Waals surface area contributed by atoms with E-state index in [1.165, 1.54) is 18.6 Å². The molecular weight excluding hydrogens is 80.0 g/mol. The van der Waals surface area contributed by atoms with Crippen molar-refractivity contribution in [1.29, 1.82) is 0 Å². The summed E-state index contributed by atoms with van der Waals surface area (Å²) in [5.41, 5.74) is 0. The first-order valence-corrected chi connectivity index (χ1v) is 1.61. The predicted molar refractivity (Wildman–Crippen MR) is 20.4 cm³/mol. The topological polar surface area (TPSA) is 33.4 Å². The summed E-state index contributed by atoms with van der Waals surface area (Å²) in [6, 6.07) is 1.47. The first kappa shape index (κ1) is 3.28. The second-order valence-corrected chi connectivity index (χ2v) is 0.982. The Morgan fingerprint density at radius 2 is 2.50 bits per heavy atom. The Morgan fingerprint density at radius 1 is 1.67 bits per heavy atom. The molecule has 1 aromatic heterocycles. The minimum atomic E-state index is 0.176. The van der Waals surface area contributed by atoms with Crippen molar-refractivity contribution in [2.24, 2.45) is 0 Å². The van der Waals surface area contributed by atoms with Gasteiger partial charge in [-0.2, -0.15) is 0 Å². The lowest BCUT2D eigenvalue weighted by Crippen LogP contribution is -1.40. The summed E-state index contributed by atoms with van der Waals surface area (Å²) in [7, 11) is 0. The van der Waals surface area contributed by atoms with Crippen LogP contribution in [-0.2, 0) is 0 Å². The van der Waals surface area contributed by atoms with Crippen LogP contribution in [0.25, 0.3) is 0 Å². The molecule has 0 aliphatic carbocycles. The molecule has 1 aromatic rings. The first-order valence-electron chi connectivity index (χ1n) is 1.61. The monoisotopic (exact) mass is 84.0 g/mol. The van der Waals surface area contributed by atoms with Gasteiger partial charge in [0.05, 0.1) is 6.26 Å². The molecule has 1 rings (SSSR count). The lowest BCUT2D eigenvalue weighted by atomic mass is 10.6. The van der Waals surface area contributed by atoms with Crippen LogP contribution in [0, 0.1) is 0 Å². The highest BCUT2D eigenvalue weighted by molar-refractivity contribution is 5.09. The van der Waals surface area contributed by atoms with Gasteiger partial charge in [0.15, 0.2) is 5.75 Å². The third-order valence-corrected chi connectivity index (χ3v) is 0.506. The van der Waals surface area contributed by atoms with E-state index < -0.39 is 0 Å². The van der Waals surface area contributed by atoms with Gasteiger partial charge in [-0.25, -0.2) is 0 Å². The van der Waals surface area contributed by atoms with Gasteiger partial charge in [-0.05, 0) is 0 Å². The largest absolute Gasteiger partial charge is 0.505 e. The van der Waals surface area contributed by atoms with Crippen molar-refractivity contribution in [3.63, 3.8) is 0 Å². The van der Waals surface area contributed by atoms with Crippen LogP contribution < -0.4 is 0 Å². The molecule has 1 N–H and O–H groups in total. The van der Waals surface area contributed by atoms with E-state index in [-0.39, 0.29) is 5.75 Å². The van der Waals surface area contributed by atoms with Crippen molar-refractivity contribution in [3.8, 4) is 5.75 Å². The summed E-state index contributed by atoms with van der Waals surface area (Å²) >= 11 is 0. The fraction of sp³-hybridized carbons (Fsp3) is 0. The van der Waals surface area contributed by atoms with E-state index in [1.54, 1.807) is 0 Å². The lowest BCUT2D eigenvalue weighted by molar-refractivity contribution is 0.458. The first-order chi connectivity index (χ1) is 2.89. The molecule has 0 atom stereocenters. The van der Waals surface area contributed by atoms with Gasteiger partial charge in [0.2, 0.25) is 0 Å². The summed E-state index contributed by atoms with van der Waals surface area (Å²) in [5, 5.41) is 8.38. The minimum absolute atomic E-state index is 0.176. The lowest BCUT2D eigenvalue weighted by Gasteiger charge is -1.66. The number of rotatable bonds is 0. The summed E-state index contributed by atoms with van der Waals surface area (Å²) in [6.45, 7) is 0. The Balaban J connectivity index is 3.05. The molecule has 0 bridgehead atoms. The highest BCUT2D eigenvalue weighted by Crippen LogP contribution is 2.04. The molecule has 0 saturated carbocycles. The number of furan rings is 1. The van der Waals surface area contributed by atoms with Crippen molar-refractivity contribution in [1.82, 2.24) is 0 Å². The van der Waals surface area contributed by atoms with E-state index >= 15 is 0 Å². The molecule has 0 unspecified atom stereocenters. The Morgan fingerprint density at radius 3 is 2.67 bits per heavy atom. The molecule has 2 heteroatoms. The van der Waals surface area contributed by atoms with Crippen molar-refractivity contribution in [3.05, 3.63) is 18.6 Å². The van der Waals surface area contributed by atoms with Crippen LogP contribution in [-0.4, -0.2) is 5.11 Å². The van der Waals surface area contributed by atoms with Gasteiger partial charge in [0.25, 0.3) is 0 Å². The van der Waals surface area contributed by atoms with Gasteiger partial charge in [0.1, 0.15) is 6.26 Å². The van der Waals surface area contributed by atoms with E-state index in [9.17, 15) is 0 Å². The van der Waals surface area contributed by atoms with Gasteiger partial charge in [0, 0.05) is 6.07 Å². The van der Waals surface area contributed by atoms with Crippen molar-refractivity contribution in [2.45, 2.75) is 0 Å². The molecule has 6 heavy (non-hydrogen) atoms. The quantitative estimate of drug-likeness (QED) is 0.508. The van der Waals surface area contributed by atoms with E-state index in [2.05, 4.69) is 4.42 Å². The van der Waals surface area contributed by atoms with Crippen LogP contribution in [0.5, 0.6) is 5.75 Å². The molecule has 1 heterocycles. The molecule has 0 aliphatic rings. The molecule has 0 amide bonds. The van der Waals surface area contributed by atoms with Crippen molar-refractivity contribution in [2.75, 3.05) is 0 Å². The van der Waals surface area contributed by atoms with E-state index in [0.717, 1.165) is 0 Å². The SMILES string of the molecule is Oc1ccoc1. The fourth-order valence-corrected chi connectivity index (χ4v) is 0.257. The molecule has 0 aromatic carbocycles. The van der Waals surface area contributed by atoms with E-state index in [1.807, 2.05) is 0 Å². The molecule has 32 valence electrons. The van der Waals surface area contributed by atoms with Crippen molar-refractivity contribution < 1.29 is 9.52 Å². The van der Waals surface area contributed by atoms with Gasteiger partial charge in [-0.3, -0.25) is 0 Å². The molecular formula is C4H4O2. The Hall–Kier alpha value is -0.920. The summed E-state index contributed by atoms with van der Waals surface area (Å²) in [4.78, 5) is 0. The maximum Gasteiger partial charge on any atom is 0.153 e. The van der Waals surface area contributed by atoms with E-state index in [0.29, 0.717) is 0 Å². The second kappa shape index (κ2) is 1.05. The minimum Gasteiger partial charge on any atom is -0.505 e. The average Bonchev–Trinajstić information content (AvgIpc) is 1.86. The molecule has 0 spiro atoms. The van der Waals surface area contributed by atoms with Crippen LogP contribution in [0.1, 0.15) is 0 Å². The molecule has 0 radical (unpaired) electrons. The normalized spacial score (nSPS) is 8.67. The number of hydrogen-bond donors (Lipinski definition) is 1. The molecule has 0 fully saturated rings. The number of hydrogen-bond acceptors (Lipinski definition) is 2. The van der Waals surface area contributed by atoms with Gasteiger partial charge >= 0.3 is 0 Å². The molecule has 0 saturated heterocycles. The maximum absolute atomic E-state index is 8.38. The summed E-state index contributed by atoms with van der Waals surface area (Å²) in [6.07, 6.45) is 2.68. The average molecular weight is 84.1 g/mol. The van der Waals surface area contributed by atoms with E-state index in [4.69, 9.17) is 5.11 Å². The fourth-order valence-electron chi connectivity index (χ4n) is 0.257. The number of aromatic hydroxyl groups is 1. The second-order valence-electron chi connectivity index (χ2n) is 0.982. The van der Waals surface area contributed by atoms with Crippen LogP contribution in [0.15, 0.2) is 23.0 Å². The Labute approximate surface area is 35.0 Å². The zero-order valence-corrected chi connectivity index (χ0v) is 3.09. The van der Waals surface area contributed by atoms with Crippen LogP contribution in [0.4, 0.5) is 0 Å². The highest BCUT2D eigenvalue weighted by atomic mass is 16.3. The smallest absolute Gasteiger partial charge is 0.153 e. The predicted octanol–water partition coefficient (Wildman–Crippen LogP) is 0.985. The van der Waals surface area contributed by atoms with Crippen LogP contribution in [0.2, 0.25) is 0 Å². The zero-order chi connectivity index (χ0) is 4.41. The standard InChI is InChI=1S/C4H4O2/c5-4-1-2-6-3-4/h1-3,5H. The Bertz CT molecular complexity index is 109. The Kier molecular flexibility index (Phi) is 0.572. The summed E-state index contributed by atoms with van der Waals surface area (Å²) in [5.74, 6) is 0.176. The molecule has 2 nitrogen and oxygen atoms in total. The highest BCUT2D eigenvalue weighted by Gasteiger charge is 1.79. The third kappa shape index (κ3) is 0.360. The van der Waals surface area contributed by atoms with Gasteiger partial charge in [-0.15, -0.1) is 0 Å². The van der Waals surface area contributed by atoms with Crippen molar-refractivity contribution >= 4 is 0 Å². The van der Waals surface area contributed by atoms with Gasteiger partial charge in [-0.1, -0.05) is 0 Å². The van der Waals surface area contributed by atoms with Crippen LogP contribution >= 0.6 is 0 Å². The third-order valence-electron chi connectivity index (χ3n) is 0.506. The maximum atomic E-state index is 8.38. The zero-order valence-electron chi connectivity index (χ0n) is 3.09. The van der Waals surface area contributed by atoms with Gasteiger partial charge < -0.3 is 9.52 Å². The molecule has 0 aliphatic heterocycles. The van der Waals surface area contributed by atoms with Crippen LogP contribution in [0.3, 0.4) is 0 Å². The summed E-state index contributed by atoms with van der Waals surface area (Å²) < 4.78 is 4.46.